The van der Waals surface area contributed by atoms with Crippen molar-refractivity contribution in [1.29, 1.82) is 0 Å². The molecule has 1 aliphatic rings. The van der Waals surface area contributed by atoms with Gasteiger partial charge in [-0.25, -0.2) is 0 Å². The normalized spacial score (nSPS) is 16.2. The molecular weight excluding hydrogens is 256 g/mol. The summed E-state index contributed by atoms with van der Waals surface area (Å²) in [5, 5.41) is 2.46. The van der Waals surface area contributed by atoms with Gasteiger partial charge < -0.3 is 0 Å². The van der Waals surface area contributed by atoms with Crippen molar-refractivity contribution in [3.8, 4) is 0 Å². The van der Waals surface area contributed by atoms with E-state index in [1.807, 2.05) is 0 Å². The van der Waals surface area contributed by atoms with E-state index in [1.165, 1.54) is 48.4 Å². The van der Waals surface area contributed by atoms with Gasteiger partial charge in [-0.3, -0.25) is 4.79 Å². The van der Waals surface area contributed by atoms with Gasteiger partial charge in [0, 0.05) is 12.8 Å². The van der Waals surface area contributed by atoms with Crippen LogP contribution >= 0.6 is 0 Å². The number of carbonyl (C=O) groups excluding carboxylic acids is 1. The lowest BCUT2D eigenvalue weighted by atomic mass is 9.85. The monoisotopic (exact) mass is 280 g/mol. The van der Waals surface area contributed by atoms with Gasteiger partial charge in [-0.2, -0.15) is 0 Å². The van der Waals surface area contributed by atoms with Gasteiger partial charge in [0.05, 0.1) is 0 Å². The molecule has 3 rings (SSSR count). The number of Topliss-reactive ketones (excluding diaryl/α,β-unsaturated/α-hetero) is 1. The summed E-state index contributed by atoms with van der Waals surface area (Å²) in [4.78, 5) is 12.3. The van der Waals surface area contributed by atoms with Crippen molar-refractivity contribution in [2.75, 3.05) is 0 Å². The first-order chi connectivity index (χ1) is 10.3. The predicted octanol–water partition coefficient (Wildman–Crippen LogP) is 5.31. The van der Waals surface area contributed by atoms with Gasteiger partial charge in [0.2, 0.25) is 0 Å². The maximum Gasteiger partial charge on any atom is 0.137 e. The third kappa shape index (κ3) is 3.72. The average molecular weight is 280 g/mol. The van der Waals surface area contributed by atoms with Gasteiger partial charge in [-0.1, -0.05) is 74.6 Å². The molecule has 0 bridgehead atoms. The zero-order chi connectivity index (χ0) is 14.5. The summed E-state index contributed by atoms with van der Waals surface area (Å²) in [6.07, 6.45) is 9.24. The number of hydrogen-bond donors (Lipinski definition) is 0. The Morgan fingerprint density at radius 3 is 2.57 bits per heavy atom. The molecule has 0 heterocycles. The summed E-state index contributed by atoms with van der Waals surface area (Å²) < 4.78 is 0. The van der Waals surface area contributed by atoms with Crippen molar-refractivity contribution >= 4 is 16.6 Å². The molecule has 0 atom stereocenters. The van der Waals surface area contributed by atoms with Crippen molar-refractivity contribution in [3.63, 3.8) is 0 Å². The molecular formula is C20H24O. The minimum atomic E-state index is 0.400. The van der Waals surface area contributed by atoms with Gasteiger partial charge in [0.15, 0.2) is 0 Å². The Labute approximate surface area is 127 Å². The zero-order valence-corrected chi connectivity index (χ0v) is 12.7. The van der Waals surface area contributed by atoms with Gasteiger partial charge in [0.1, 0.15) is 5.78 Å². The number of carbonyl (C=O) groups is 1. The van der Waals surface area contributed by atoms with E-state index in [-0.39, 0.29) is 0 Å². The van der Waals surface area contributed by atoms with Crippen LogP contribution in [-0.4, -0.2) is 5.78 Å². The van der Waals surface area contributed by atoms with Crippen LogP contribution in [0.25, 0.3) is 10.8 Å². The summed E-state index contributed by atoms with van der Waals surface area (Å²) in [5.41, 5.74) is 1.18. The third-order valence-electron chi connectivity index (χ3n) is 4.82. The minimum Gasteiger partial charge on any atom is -0.299 e. The highest BCUT2D eigenvalue weighted by atomic mass is 16.1. The third-order valence-corrected chi connectivity index (χ3v) is 4.82. The summed E-state index contributed by atoms with van der Waals surface area (Å²) in [6.45, 7) is 0. The molecule has 1 heteroatoms. The van der Waals surface area contributed by atoms with Crippen molar-refractivity contribution in [2.24, 2.45) is 5.92 Å². The first-order valence-electron chi connectivity index (χ1n) is 8.31. The maximum atomic E-state index is 12.3. The van der Waals surface area contributed by atoms with Crippen LogP contribution < -0.4 is 0 Å². The molecule has 0 saturated heterocycles. The van der Waals surface area contributed by atoms with E-state index < -0.39 is 0 Å². The smallest absolute Gasteiger partial charge is 0.137 e. The fraction of sp³-hybridized carbons (Fsp3) is 0.450. The van der Waals surface area contributed by atoms with E-state index >= 15 is 0 Å². The van der Waals surface area contributed by atoms with Crippen LogP contribution in [0.1, 0.15) is 50.5 Å². The van der Waals surface area contributed by atoms with E-state index in [9.17, 15) is 4.79 Å². The van der Waals surface area contributed by atoms with Crippen LogP contribution in [0, 0.1) is 5.92 Å². The summed E-state index contributed by atoms with van der Waals surface area (Å²) >= 11 is 0. The Morgan fingerprint density at radius 2 is 1.71 bits per heavy atom. The molecule has 21 heavy (non-hydrogen) atoms. The molecule has 0 spiro atoms. The number of rotatable bonds is 5. The zero-order valence-electron chi connectivity index (χ0n) is 12.7. The Bertz CT molecular complexity index is 603. The molecule has 1 saturated carbocycles. The van der Waals surface area contributed by atoms with E-state index in [4.69, 9.17) is 0 Å². The minimum absolute atomic E-state index is 0.400. The average Bonchev–Trinajstić information content (AvgIpc) is 2.54. The molecule has 1 aliphatic carbocycles. The Morgan fingerprint density at radius 1 is 0.952 bits per heavy atom. The van der Waals surface area contributed by atoms with E-state index in [0.717, 1.165) is 18.8 Å². The molecule has 110 valence electrons. The molecule has 0 aromatic heterocycles. The van der Waals surface area contributed by atoms with Crippen molar-refractivity contribution in [1.82, 2.24) is 0 Å². The largest absolute Gasteiger partial charge is 0.299 e. The quantitative estimate of drug-likeness (QED) is 0.725. The van der Waals surface area contributed by atoms with Gasteiger partial charge in [-0.15, -0.1) is 0 Å². The molecule has 0 N–H and O–H groups in total. The van der Waals surface area contributed by atoms with Crippen molar-refractivity contribution < 1.29 is 4.79 Å². The molecule has 2 aromatic carbocycles. The van der Waals surface area contributed by atoms with E-state index in [2.05, 4.69) is 42.5 Å². The fourth-order valence-corrected chi connectivity index (χ4v) is 3.59. The Balaban J connectivity index is 1.61. The summed E-state index contributed by atoms with van der Waals surface area (Å²) in [7, 11) is 0. The predicted molar refractivity (Wildman–Crippen MR) is 88.5 cm³/mol. The molecule has 1 fully saturated rings. The molecule has 2 aromatic rings. The Kier molecular flexibility index (Phi) is 4.69. The van der Waals surface area contributed by atoms with Crippen molar-refractivity contribution in [2.45, 2.75) is 51.4 Å². The fourth-order valence-electron chi connectivity index (χ4n) is 3.59. The molecule has 0 aliphatic heterocycles. The van der Waals surface area contributed by atoms with Crippen LogP contribution in [0.3, 0.4) is 0 Å². The summed E-state index contributed by atoms with van der Waals surface area (Å²) in [5.74, 6) is 1.20. The number of hydrogen-bond acceptors (Lipinski definition) is 1. The summed E-state index contributed by atoms with van der Waals surface area (Å²) in [6, 6.07) is 14.6. The molecule has 0 radical (unpaired) electrons. The first kappa shape index (κ1) is 14.3. The number of benzene rings is 2. The second kappa shape index (κ2) is 6.89. The highest BCUT2D eigenvalue weighted by molar-refractivity contribution is 5.90. The highest BCUT2D eigenvalue weighted by Crippen LogP contribution is 2.27. The number of fused-ring (bicyclic) bond motifs is 1. The first-order valence-corrected chi connectivity index (χ1v) is 8.31. The van der Waals surface area contributed by atoms with Crippen LogP contribution in [0.5, 0.6) is 0 Å². The van der Waals surface area contributed by atoms with E-state index in [0.29, 0.717) is 12.2 Å². The topological polar surface area (TPSA) is 17.1 Å². The van der Waals surface area contributed by atoms with Gasteiger partial charge >= 0.3 is 0 Å². The van der Waals surface area contributed by atoms with Crippen LogP contribution in [-0.2, 0) is 11.2 Å². The lowest BCUT2D eigenvalue weighted by Crippen LogP contribution is -2.10. The molecule has 0 unspecified atom stereocenters. The van der Waals surface area contributed by atoms with Crippen LogP contribution in [0.4, 0.5) is 0 Å². The lowest BCUT2D eigenvalue weighted by molar-refractivity contribution is -0.118. The van der Waals surface area contributed by atoms with Gasteiger partial charge in [-0.05, 0) is 28.7 Å². The van der Waals surface area contributed by atoms with Crippen molar-refractivity contribution in [3.05, 3.63) is 48.0 Å². The lowest BCUT2D eigenvalue weighted by Gasteiger charge is -2.20. The van der Waals surface area contributed by atoms with Gasteiger partial charge in [0.25, 0.3) is 0 Å². The maximum absolute atomic E-state index is 12.3. The van der Waals surface area contributed by atoms with Crippen LogP contribution in [0.15, 0.2) is 42.5 Å². The molecule has 0 amide bonds. The number of ketones is 1. The highest BCUT2D eigenvalue weighted by Gasteiger charge is 2.15. The second-order valence-electron chi connectivity index (χ2n) is 6.40. The van der Waals surface area contributed by atoms with E-state index in [1.54, 1.807) is 0 Å². The SMILES string of the molecule is O=C(CCC1CCCCC1)Cc1cccc2ccccc12. The molecule has 1 nitrogen and oxygen atoms in total. The second-order valence-corrected chi connectivity index (χ2v) is 6.40. The standard InChI is InChI=1S/C20H24O/c21-19(14-13-16-7-2-1-3-8-16)15-18-11-6-10-17-9-4-5-12-20(17)18/h4-6,9-12,16H,1-3,7-8,13-15H2. The van der Waals surface area contributed by atoms with Crippen LogP contribution in [0.2, 0.25) is 0 Å². The Hall–Kier alpha value is -1.63.